The fraction of sp³-hybridized carbons (Fsp3) is 0.350. The molecule has 5 rings (SSSR count). The molecule has 6 bridgehead atoms. The zero-order chi connectivity index (χ0) is 20.0. The maximum absolute atomic E-state index is 8.09. The van der Waals surface area contributed by atoms with Crippen LogP contribution in [0.2, 0.25) is 0 Å². The average molecular weight is 390 g/mol. The van der Waals surface area contributed by atoms with Crippen LogP contribution in [0, 0.1) is 5.41 Å². The molecule has 0 saturated heterocycles. The highest BCUT2D eigenvalue weighted by atomic mass is 16.5. The summed E-state index contributed by atoms with van der Waals surface area (Å²) in [6.07, 6.45) is 8.05. The molecule has 3 N–H and O–H groups in total. The number of hydrogen-bond donors (Lipinski definition) is 3. The Morgan fingerprint density at radius 3 is 3.00 bits per heavy atom. The van der Waals surface area contributed by atoms with Crippen molar-refractivity contribution < 1.29 is 4.74 Å². The Morgan fingerprint density at radius 2 is 2.14 bits per heavy atom. The Morgan fingerprint density at radius 1 is 1.24 bits per heavy atom. The summed E-state index contributed by atoms with van der Waals surface area (Å²) in [5.74, 6) is 2.52. The first-order chi connectivity index (χ1) is 14.1. The molecule has 9 heteroatoms. The SMILES string of the molecule is CC(=N)c1cnc2cc1NC1CCC(C1)Oc1c(cnn1C)-c1nccc(n1)N2. The van der Waals surface area contributed by atoms with Crippen molar-refractivity contribution in [2.24, 2.45) is 7.05 Å². The van der Waals surface area contributed by atoms with Gasteiger partial charge in [-0.3, -0.25) is 0 Å². The van der Waals surface area contributed by atoms with E-state index in [4.69, 9.17) is 10.1 Å². The Bertz CT molecular complexity index is 1090. The van der Waals surface area contributed by atoms with Crippen LogP contribution in [0.1, 0.15) is 31.7 Å². The molecular formula is C20H22N8O. The van der Waals surface area contributed by atoms with Gasteiger partial charge in [-0.1, -0.05) is 0 Å². The Hall–Kier alpha value is -3.49. The molecule has 0 amide bonds. The molecule has 2 atom stereocenters. The van der Waals surface area contributed by atoms with E-state index in [1.165, 1.54) is 0 Å². The summed E-state index contributed by atoms with van der Waals surface area (Å²) in [7, 11) is 1.86. The molecular weight excluding hydrogens is 368 g/mol. The topological polar surface area (TPSA) is 114 Å². The third kappa shape index (κ3) is 3.28. The lowest BCUT2D eigenvalue weighted by Gasteiger charge is -2.20. The molecule has 3 aromatic heterocycles. The van der Waals surface area contributed by atoms with Crippen LogP contribution in [0.15, 0.2) is 30.7 Å². The number of nitrogens with zero attached hydrogens (tertiary/aromatic N) is 5. The van der Waals surface area contributed by atoms with E-state index in [1.807, 2.05) is 13.1 Å². The Labute approximate surface area is 168 Å². The monoisotopic (exact) mass is 390 g/mol. The van der Waals surface area contributed by atoms with Gasteiger partial charge in [0.2, 0.25) is 5.88 Å². The number of aryl methyl sites for hydroxylation is 1. The molecule has 0 radical (unpaired) electrons. The zero-order valence-electron chi connectivity index (χ0n) is 16.3. The van der Waals surface area contributed by atoms with E-state index in [1.54, 1.807) is 36.3 Å². The van der Waals surface area contributed by atoms with Gasteiger partial charge in [-0.15, -0.1) is 0 Å². The van der Waals surface area contributed by atoms with Gasteiger partial charge < -0.3 is 20.8 Å². The summed E-state index contributed by atoms with van der Waals surface area (Å²) < 4.78 is 8.07. The van der Waals surface area contributed by atoms with Crippen LogP contribution < -0.4 is 15.4 Å². The minimum atomic E-state index is 0.0803. The van der Waals surface area contributed by atoms with E-state index in [9.17, 15) is 0 Å². The van der Waals surface area contributed by atoms with Crippen LogP contribution in [-0.4, -0.2) is 42.6 Å². The molecule has 2 unspecified atom stereocenters. The molecule has 0 aromatic carbocycles. The molecule has 9 nitrogen and oxygen atoms in total. The molecule has 29 heavy (non-hydrogen) atoms. The molecule has 1 aliphatic heterocycles. The molecule has 1 aliphatic carbocycles. The Kier molecular flexibility index (Phi) is 4.15. The lowest BCUT2D eigenvalue weighted by molar-refractivity contribution is 0.192. The molecule has 2 aliphatic rings. The van der Waals surface area contributed by atoms with E-state index in [0.717, 1.165) is 36.1 Å². The second-order valence-electron chi connectivity index (χ2n) is 7.51. The van der Waals surface area contributed by atoms with Crippen LogP contribution >= 0.6 is 0 Å². The standard InChI is InChI=1S/C20H22N8O/c1-11(21)14-9-23-18-8-16(14)25-12-3-4-13(7-12)29-20-15(10-24-28(20)2)19-22-6-5-17(26-18)27-19/h5-6,8-10,12-13,21,25H,3-4,7H2,1-2H3,(H,22,23,26,27). The highest BCUT2D eigenvalue weighted by Crippen LogP contribution is 2.34. The Balaban J connectivity index is 1.62. The van der Waals surface area contributed by atoms with Gasteiger partial charge in [0, 0.05) is 54.9 Å². The highest BCUT2D eigenvalue weighted by Gasteiger charge is 2.29. The predicted octanol–water partition coefficient (Wildman–Crippen LogP) is 3.13. The number of ether oxygens (including phenoxy) is 1. The average Bonchev–Trinajstić information content (AvgIpc) is 3.28. The van der Waals surface area contributed by atoms with Crippen LogP contribution in [-0.2, 0) is 7.05 Å². The maximum Gasteiger partial charge on any atom is 0.223 e. The summed E-state index contributed by atoms with van der Waals surface area (Å²) >= 11 is 0. The van der Waals surface area contributed by atoms with Crippen molar-refractivity contribution in [1.82, 2.24) is 24.7 Å². The van der Waals surface area contributed by atoms with E-state index in [2.05, 4.69) is 30.7 Å². The summed E-state index contributed by atoms with van der Waals surface area (Å²) in [6.45, 7) is 1.77. The number of pyridine rings is 1. The smallest absolute Gasteiger partial charge is 0.223 e. The largest absolute Gasteiger partial charge is 0.474 e. The van der Waals surface area contributed by atoms with E-state index in [-0.39, 0.29) is 12.1 Å². The molecule has 0 spiro atoms. The van der Waals surface area contributed by atoms with Crippen LogP contribution in [0.25, 0.3) is 11.4 Å². The number of fused-ring (bicyclic) bond motifs is 8. The van der Waals surface area contributed by atoms with Crippen LogP contribution in [0.3, 0.4) is 0 Å². The molecule has 1 fully saturated rings. The van der Waals surface area contributed by atoms with Crippen LogP contribution in [0.4, 0.5) is 17.3 Å². The van der Waals surface area contributed by atoms with Gasteiger partial charge in [0.25, 0.3) is 0 Å². The van der Waals surface area contributed by atoms with Gasteiger partial charge in [0.05, 0.1) is 6.20 Å². The fourth-order valence-electron chi connectivity index (χ4n) is 3.91. The van der Waals surface area contributed by atoms with Crippen LogP contribution in [0.5, 0.6) is 5.88 Å². The van der Waals surface area contributed by atoms with Gasteiger partial charge in [0.1, 0.15) is 23.3 Å². The molecule has 4 heterocycles. The zero-order valence-corrected chi connectivity index (χ0v) is 16.3. The van der Waals surface area contributed by atoms with Gasteiger partial charge in [0.15, 0.2) is 5.82 Å². The van der Waals surface area contributed by atoms with Crippen molar-refractivity contribution in [3.63, 3.8) is 0 Å². The summed E-state index contributed by atoms with van der Waals surface area (Å²) in [4.78, 5) is 13.5. The second-order valence-corrected chi connectivity index (χ2v) is 7.51. The number of nitrogens with one attached hydrogen (secondary N) is 3. The fourth-order valence-corrected chi connectivity index (χ4v) is 3.91. The third-order valence-electron chi connectivity index (χ3n) is 5.37. The molecule has 148 valence electrons. The van der Waals surface area contributed by atoms with E-state index < -0.39 is 0 Å². The van der Waals surface area contributed by atoms with Gasteiger partial charge >= 0.3 is 0 Å². The van der Waals surface area contributed by atoms with Gasteiger partial charge in [-0.25, -0.2) is 19.6 Å². The maximum atomic E-state index is 8.09. The minimum Gasteiger partial charge on any atom is -0.474 e. The minimum absolute atomic E-state index is 0.0803. The lowest BCUT2D eigenvalue weighted by Crippen LogP contribution is -2.21. The first-order valence-corrected chi connectivity index (χ1v) is 9.68. The lowest BCUT2D eigenvalue weighted by atomic mass is 10.1. The first kappa shape index (κ1) is 17.6. The van der Waals surface area contributed by atoms with Crippen molar-refractivity contribution in [1.29, 1.82) is 5.41 Å². The number of hydrogen-bond acceptors (Lipinski definition) is 8. The van der Waals surface area contributed by atoms with E-state index >= 15 is 0 Å². The summed E-state index contributed by atoms with van der Waals surface area (Å²) in [6, 6.07) is 3.99. The van der Waals surface area contributed by atoms with E-state index in [0.29, 0.717) is 29.1 Å². The number of aromatic nitrogens is 5. The van der Waals surface area contributed by atoms with Crippen molar-refractivity contribution >= 4 is 23.0 Å². The van der Waals surface area contributed by atoms with Crippen molar-refractivity contribution in [2.45, 2.75) is 38.3 Å². The summed E-state index contributed by atoms with van der Waals surface area (Å²) in [5.41, 5.74) is 2.94. The van der Waals surface area contributed by atoms with Crippen molar-refractivity contribution in [2.75, 3.05) is 10.6 Å². The predicted molar refractivity (Wildman–Crippen MR) is 110 cm³/mol. The second kappa shape index (κ2) is 6.84. The highest BCUT2D eigenvalue weighted by molar-refractivity contribution is 6.01. The number of anilines is 3. The summed E-state index contributed by atoms with van der Waals surface area (Å²) in [5, 5.41) is 19.3. The normalized spacial score (nSPS) is 19.9. The van der Waals surface area contributed by atoms with Gasteiger partial charge in [-0.2, -0.15) is 5.10 Å². The van der Waals surface area contributed by atoms with Crippen molar-refractivity contribution in [3.05, 3.63) is 36.3 Å². The van der Waals surface area contributed by atoms with Gasteiger partial charge in [-0.05, 0) is 25.8 Å². The molecule has 1 saturated carbocycles. The number of rotatable bonds is 1. The first-order valence-electron chi connectivity index (χ1n) is 9.68. The third-order valence-corrected chi connectivity index (χ3v) is 5.37. The quantitative estimate of drug-likeness (QED) is 0.547. The van der Waals surface area contributed by atoms with Crippen molar-refractivity contribution in [3.8, 4) is 17.3 Å². The molecule has 3 aromatic rings.